The molecule has 2 aromatic heterocycles. The molecular weight excluding hydrogens is 506 g/mol. The normalized spacial score (nSPS) is 13.5. The first-order valence-corrected chi connectivity index (χ1v) is 14.7. The minimum atomic E-state index is -1.58. The van der Waals surface area contributed by atoms with Gasteiger partial charge in [0.15, 0.2) is 0 Å². The molecule has 4 aromatic rings. The third kappa shape index (κ3) is 3.99. The summed E-state index contributed by atoms with van der Waals surface area (Å²) in [6, 6.07) is 15.6. The number of allylic oxidation sites excluding steroid dienone is 1. The van der Waals surface area contributed by atoms with Gasteiger partial charge in [0, 0.05) is 0 Å². The van der Waals surface area contributed by atoms with Crippen LogP contribution in [0.1, 0.15) is 33.4 Å². The Bertz CT molecular complexity index is 1390. The Morgan fingerprint density at radius 1 is 0.875 bits per heavy atom. The van der Waals surface area contributed by atoms with Crippen LogP contribution in [0.15, 0.2) is 61.3 Å². The molecule has 0 bridgehead atoms. The molecule has 0 aliphatic carbocycles. The fraction of sp³-hybridized carbons (Fsp3) is 0.250. The van der Waals surface area contributed by atoms with E-state index < -0.39 is 15.3 Å². The van der Waals surface area contributed by atoms with Crippen molar-refractivity contribution in [3.63, 3.8) is 0 Å². The van der Waals surface area contributed by atoms with Gasteiger partial charge in [-0.25, -0.2) is 0 Å². The Morgan fingerprint density at radius 2 is 1.44 bits per heavy atom. The third-order valence-corrected chi connectivity index (χ3v) is 9.50. The standard InChI is InChI=1S/C25H26N2.C3H5.ClH.Pd/c1-16-10-18(3)24(19(4)11-16)23-9-7-8-22-14-26(15-27(22)23)25-20(5)12-17(2)13-21(25)6;1-3-2;;/h7-14H,1-6H3;3H,1-2H2;1H;/q;;;-1/p-1. The van der Waals surface area contributed by atoms with E-state index in [-0.39, 0.29) is 0 Å². The fourth-order valence-electron chi connectivity index (χ4n) is 4.89. The molecule has 0 fully saturated rings. The minimum absolute atomic E-state index is 0.809. The molecule has 0 radical (unpaired) electrons. The number of rotatable bonds is 4. The molecule has 0 spiro atoms. The average Bonchev–Trinajstić information content (AvgIpc) is 3.06. The van der Waals surface area contributed by atoms with Gasteiger partial charge in [-0.05, 0) is 0 Å². The number of fused-ring (bicyclic) bond motifs is 1. The number of nitrogens with zero attached hydrogens (tertiary/aromatic N) is 2. The van der Waals surface area contributed by atoms with Crippen molar-refractivity contribution in [3.8, 4) is 16.9 Å². The van der Waals surface area contributed by atoms with Gasteiger partial charge in [0.1, 0.15) is 0 Å². The summed E-state index contributed by atoms with van der Waals surface area (Å²) in [5, 5.41) is 0. The van der Waals surface area contributed by atoms with Crippen molar-refractivity contribution in [1.29, 1.82) is 0 Å². The van der Waals surface area contributed by atoms with Crippen LogP contribution in [0.3, 0.4) is 0 Å². The van der Waals surface area contributed by atoms with Gasteiger partial charge in [-0.1, -0.05) is 0 Å². The molecule has 0 N–H and O–H groups in total. The summed E-state index contributed by atoms with van der Waals surface area (Å²) in [4.78, 5) is 0.809. The second-order valence-corrected chi connectivity index (χ2v) is 12.9. The van der Waals surface area contributed by atoms with E-state index in [1.807, 2.05) is 6.08 Å². The van der Waals surface area contributed by atoms with E-state index in [0.29, 0.717) is 0 Å². The molecule has 2 heterocycles. The van der Waals surface area contributed by atoms with E-state index in [1.54, 1.807) is 0 Å². The van der Waals surface area contributed by atoms with E-state index in [0.717, 1.165) is 10.4 Å². The summed E-state index contributed by atoms with van der Waals surface area (Å²) in [5.41, 5.74) is 12.6. The summed E-state index contributed by atoms with van der Waals surface area (Å²) in [6.45, 7) is 17.1. The van der Waals surface area contributed by atoms with Gasteiger partial charge in [0.25, 0.3) is 0 Å². The van der Waals surface area contributed by atoms with Crippen LogP contribution >= 0.6 is 9.53 Å². The molecule has 4 heteroatoms. The Hall–Kier alpha value is -2.18. The molecule has 0 aliphatic heterocycles. The van der Waals surface area contributed by atoms with Crippen LogP contribution < -0.4 is 0 Å². The van der Waals surface area contributed by atoms with E-state index in [4.69, 9.17) is 9.53 Å². The summed E-state index contributed by atoms with van der Waals surface area (Å²) in [7, 11) is 7.19. The number of halogens is 1. The van der Waals surface area contributed by atoms with E-state index in [9.17, 15) is 0 Å². The number of aromatic nitrogens is 2. The van der Waals surface area contributed by atoms with Crippen LogP contribution in [0.25, 0.3) is 22.5 Å². The van der Waals surface area contributed by atoms with E-state index >= 15 is 0 Å². The van der Waals surface area contributed by atoms with Crippen LogP contribution in [-0.2, 0) is 15.3 Å². The van der Waals surface area contributed by atoms with Crippen LogP contribution in [0.5, 0.6) is 0 Å². The Kier molecular flexibility index (Phi) is 6.46. The van der Waals surface area contributed by atoms with Crippen molar-refractivity contribution in [3.05, 3.63) is 98.6 Å². The molecular formula is C28H31ClN2Pd-2. The zero-order valence-corrected chi connectivity index (χ0v) is 22.0. The quantitative estimate of drug-likeness (QED) is 0.184. The van der Waals surface area contributed by atoms with Gasteiger partial charge in [0.2, 0.25) is 0 Å². The molecule has 0 amide bonds. The zero-order valence-electron chi connectivity index (χ0n) is 19.7. The monoisotopic (exact) mass is 536 g/mol. The topological polar surface area (TPSA) is 9.34 Å². The van der Waals surface area contributed by atoms with Crippen molar-refractivity contribution in [1.82, 2.24) is 8.97 Å². The van der Waals surface area contributed by atoms with Crippen LogP contribution in [-0.4, -0.2) is 8.97 Å². The molecule has 0 atom stereocenters. The molecule has 172 valence electrons. The molecule has 2 aromatic carbocycles. The van der Waals surface area contributed by atoms with Crippen molar-refractivity contribution >= 4 is 15.0 Å². The predicted octanol–water partition coefficient (Wildman–Crippen LogP) is 8.16. The van der Waals surface area contributed by atoms with Crippen molar-refractivity contribution in [2.45, 2.75) is 46.4 Å². The summed E-state index contributed by atoms with van der Waals surface area (Å²) in [5.74, 6) is 0. The molecule has 0 saturated heterocycles. The van der Waals surface area contributed by atoms with Gasteiger partial charge in [-0.3, -0.25) is 0 Å². The summed E-state index contributed by atoms with van der Waals surface area (Å²) >= 11 is -1.58. The number of imidazole rings is 1. The number of aryl methyl sites for hydroxylation is 6. The molecule has 0 unspecified atom stereocenters. The predicted molar refractivity (Wildman–Crippen MR) is 135 cm³/mol. The Balaban J connectivity index is 2.21. The van der Waals surface area contributed by atoms with Crippen LogP contribution in [0, 0.1) is 45.4 Å². The maximum atomic E-state index is 7.19. The fourth-order valence-corrected chi connectivity index (χ4v) is 8.07. The van der Waals surface area contributed by atoms with Crippen LogP contribution in [0.4, 0.5) is 0 Å². The molecule has 32 heavy (non-hydrogen) atoms. The average molecular weight is 537 g/mol. The first kappa shape index (κ1) is 23.0. The molecule has 2 nitrogen and oxygen atoms in total. The van der Waals surface area contributed by atoms with E-state index in [1.165, 1.54) is 54.2 Å². The van der Waals surface area contributed by atoms with Gasteiger partial charge in [-0.2, -0.15) is 0 Å². The van der Waals surface area contributed by atoms with Gasteiger partial charge in [-0.15, -0.1) is 0 Å². The number of hydrogen-bond acceptors (Lipinski definition) is 0. The third-order valence-electron chi connectivity index (χ3n) is 5.80. The summed E-state index contributed by atoms with van der Waals surface area (Å²) < 4.78 is 5.91. The number of benzene rings is 2. The van der Waals surface area contributed by atoms with Gasteiger partial charge >= 0.3 is 201 Å². The van der Waals surface area contributed by atoms with Crippen molar-refractivity contribution in [2.75, 3.05) is 0 Å². The van der Waals surface area contributed by atoms with Crippen LogP contribution in [0.2, 0.25) is 4.89 Å². The zero-order chi connectivity index (χ0) is 23.2. The Labute approximate surface area is 200 Å². The maximum absolute atomic E-state index is 7.19. The van der Waals surface area contributed by atoms with Crippen molar-refractivity contribution < 1.29 is 15.3 Å². The molecule has 0 saturated carbocycles. The molecule has 4 rings (SSSR count). The summed E-state index contributed by atoms with van der Waals surface area (Å²) in [6.07, 6.45) is 4.21. The number of pyridine rings is 1. The van der Waals surface area contributed by atoms with Gasteiger partial charge in [0.05, 0.1) is 0 Å². The number of hydrogen-bond donors (Lipinski definition) is 0. The first-order valence-electron chi connectivity index (χ1n) is 10.8. The second-order valence-electron chi connectivity index (χ2n) is 8.61. The van der Waals surface area contributed by atoms with E-state index in [2.05, 4.69) is 106 Å². The second kappa shape index (κ2) is 8.99. The van der Waals surface area contributed by atoms with Crippen molar-refractivity contribution in [2.24, 2.45) is 0 Å². The molecule has 0 aliphatic rings. The van der Waals surface area contributed by atoms with Gasteiger partial charge < -0.3 is 0 Å². The first-order chi connectivity index (χ1) is 15.2. The SMILES string of the molecule is C=C[CH2][Pd-2]([Cl])=[c]1n(-c2c(C)cc(C)cc2C)cc2cccc(-c3c(C)cc(C)cc3C)n12. The Morgan fingerprint density at radius 3 is 2.00 bits per heavy atom.